The lowest BCUT2D eigenvalue weighted by atomic mass is 10.1. The Morgan fingerprint density at radius 3 is 2.65 bits per heavy atom. The number of benzene rings is 1. The highest BCUT2D eigenvalue weighted by molar-refractivity contribution is 5.35. The lowest BCUT2D eigenvalue weighted by molar-refractivity contribution is 0.308. The van der Waals surface area contributed by atoms with Gasteiger partial charge in [0.1, 0.15) is 5.75 Å². The molecule has 0 saturated carbocycles. The molecule has 0 radical (unpaired) electrons. The van der Waals surface area contributed by atoms with Crippen LogP contribution in [0.3, 0.4) is 0 Å². The molecular weight excluding hydrogens is 226 g/mol. The Balaban J connectivity index is 2.84. The van der Waals surface area contributed by atoms with Crippen LogP contribution in [-0.2, 0) is 6.54 Å². The van der Waals surface area contributed by atoms with Gasteiger partial charge in [-0.25, -0.2) is 8.78 Å². The molecule has 0 bridgehead atoms. The van der Waals surface area contributed by atoms with Crippen LogP contribution in [0.4, 0.5) is 8.78 Å². The standard InChI is InChI=1S/C12H18F2N2O/c1-15-6-7-16(2)8-9-11(17-3)5-4-10(13)12(9)14/h4-5,15H,6-8H2,1-3H3. The number of hydrogen-bond donors (Lipinski definition) is 1. The zero-order valence-corrected chi connectivity index (χ0v) is 10.4. The van der Waals surface area contributed by atoms with Gasteiger partial charge in [-0.05, 0) is 26.2 Å². The lowest BCUT2D eigenvalue weighted by Gasteiger charge is -2.18. The molecule has 0 amide bonds. The van der Waals surface area contributed by atoms with Gasteiger partial charge in [-0.15, -0.1) is 0 Å². The van der Waals surface area contributed by atoms with Gasteiger partial charge in [0.15, 0.2) is 11.6 Å². The van der Waals surface area contributed by atoms with Gasteiger partial charge in [-0.3, -0.25) is 0 Å². The zero-order chi connectivity index (χ0) is 12.8. The first kappa shape index (κ1) is 13.9. The first-order valence-electron chi connectivity index (χ1n) is 5.44. The monoisotopic (exact) mass is 244 g/mol. The molecule has 0 aromatic heterocycles. The van der Waals surface area contributed by atoms with Gasteiger partial charge in [0, 0.05) is 25.2 Å². The average molecular weight is 244 g/mol. The van der Waals surface area contributed by atoms with Crippen molar-refractivity contribution in [2.75, 3.05) is 34.3 Å². The largest absolute Gasteiger partial charge is 0.496 e. The lowest BCUT2D eigenvalue weighted by Crippen LogP contribution is -2.27. The van der Waals surface area contributed by atoms with E-state index in [0.29, 0.717) is 12.3 Å². The highest BCUT2D eigenvalue weighted by Gasteiger charge is 2.15. The Hall–Kier alpha value is -1.20. The smallest absolute Gasteiger partial charge is 0.167 e. The molecule has 0 heterocycles. The van der Waals surface area contributed by atoms with E-state index < -0.39 is 11.6 Å². The molecule has 0 unspecified atom stereocenters. The van der Waals surface area contributed by atoms with Crippen LogP contribution in [-0.4, -0.2) is 39.2 Å². The maximum Gasteiger partial charge on any atom is 0.167 e. The van der Waals surface area contributed by atoms with Crippen LogP contribution in [0.15, 0.2) is 12.1 Å². The normalized spacial score (nSPS) is 10.9. The van der Waals surface area contributed by atoms with E-state index in [9.17, 15) is 8.78 Å². The van der Waals surface area contributed by atoms with Crippen molar-refractivity contribution in [1.82, 2.24) is 10.2 Å². The van der Waals surface area contributed by atoms with Crippen LogP contribution >= 0.6 is 0 Å². The van der Waals surface area contributed by atoms with Gasteiger partial charge >= 0.3 is 0 Å². The summed E-state index contributed by atoms with van der Waals surface area (Å²) in [7, 11) is 5.14. The van der Waals surface area contributed by atoms with Gasteiger partial charge < -0.3 is 15.0 Å². The second-order valence-electron chi connectivity index (χ2n) is 3.88. The molecule has 0 fully saturated rings. The highest BCUT2D eigenvalue weighted by Crippen LogP contribution is 2.24. The van der Waals surface area contributed by atoms with Crippen LogP contribution in [0.25, 0.3) is 0 Å². The number of halogens is 2. The fourth-order valence-corrected chi connectivity index (χ4v) is 1.57. The summed E-state index contributed by atoms with van der Waals surface area (Å²) in [5, 5.41) is 3.00. The molecule has 96 valence electrons. The number of nitrogens with one attached hydrogen (secondary N) is 1. The maximum atomic E-state index is 13.6. The third-order valence-corrected chi connectivity index (χ3v) is 2.54. The molecular formula is C12H18F2N2O. The molecule has 0 aliphatic carbocycles. The predicted octanol–water partition coefficient (Wildman–Crippen LogP) is 1.62. The molecule has 0 aliphatic heterocycles. The van der Waals surface area contributed by atoms with Crippen molar-refractivity contribution in [2.45, 2.75) is 6.54 Å². The molecule has 0 atom stereocenters. The molecule has 5 heteroatoms. The maximum absolute atomic E-state index is 13.6. The molecule has 3 nitrogen and oxygen atoms in total. The van der Waals surface area contributed by atoms with Crippen molar-refractivity contribution < 1.29 is 13.5 Å². The Labute approximate surface area is 100 Å². The minimum Gasteiger partial charge on any atom is -0.496 e. The molecule has 0 aliphatic rings. The van der Waals surface area contributed by atoms with E-state index in [-0.39, 0.29) is 5.56 Å². The van der Waals surface area contributed by atoms with Gasteiger partial charge in [0.2, 0.25) is 0 Å². The van der Waals surface area contributed by atoms with E-state index >= 15 is 0 Å². The van der Waals surface area contributed by atoms with E-state index in [2.05, 4.69) is 5.32 Å². The van der Waals surface area contributed by atoms with Gasteiger partial charge in [0.25, 0.3) is 0 Å². The number of likely N-dealkylation sites (N-methyl/N-ethyl adjacent to an activating group) is 2. The van der Waals surface area contributed by atoms with Crippen LogP contribution in [0.5, 0.6) is 5.75 Å². The van der Waals surface area contributed by atoms with E-state index in [4.69, 9.17) is 4.74 Å². The van der Waals surface area contributed by atoms with Crippen molar-refractivity contribution in [3.8, 4) is 5.75 Å². The SMILES string of the molecule is CNCCN(C)Cc1c(OC)ccc(F)c1F. The van der Waals surface area contributed by atoms with E-state index in [1.54, 1.807) is 0 Å². The summed E-state index contributed by atoms with van der Waals surface area (Å²) in [6.45, 7) is 1.85. The molecule has 1 rings (SSSR count). The van der Waals surface area contributed by atoms with Gasteiger partial charge in [-0.2, -0.15) is 0 Å². The molecule has 1 aromatic rings. The van der Waals surface area contributed by atoms with Crippen molar-refractivity contribution in [3.63, 3.8) is 0 Å². The first-order valence-corrected chi connectivity index (χ1v) is 5.44. The third-order valence-electron chi connectivity index (χ3n) is 2.54. The molecule has 0 saturated heterocycles. The summed E-state index contributed by atoms with van der Waals surface area (Å²) in [4.78, 5) is 1.90. The summed E-state index contributed by atoms with van der Waals surface area (Å²) < 4.78 is 31.8. The van der Waals surface area contributed by atoms with Crippen LogP contribution in [0.1, 0.15) is 5.56 Å². The quantitative estimate of drug-likeness (QED) is 0.823. The molecule has 1 N–H and O–H groups in total. The average Bonchev–Trinajstić information content (AvgIpc) is 2.33. The molecule has 17 heavy (non-hydrogen) atoms. The minimum absolute atomic E-state index is 0.256. The number of rotatable bonds is 6. The summed E-state index contributed by atoms with van der Waals surface area (Å²) in [5.41, 5.74) is 0.256. The van der Waals surface area contributed by atoms with Crippen LogP contribution < -0.4 is 10.1 Å². The van der Waals surface area contributed by atoms with Crippen molar-refractivity contribution in [2.24, 2.45) is 0 Å². The summed E-state index contributed by atoms with van der Waals surface area (Å²) in [6, 6.07) is 2.52. The molecule has 1 aromatic carbocycles. The zero-order valence-electron chi connectivity index (χ0n) is 10.4. The second-order valence-corrected chi connectivity index (χ2v) is 3.88. The summed E-state index contributed by atoms with van der Waals surface area (Å²) in [5.74, 6) is -1.30. The van der Waals surface area contributed by atoms with Crippen molar-refractivity contribution in [3.05, 3.63) is 29.3 Å². The fraction of sp³-hybridized carbons (Fsp3) is 0.500. The summed E-state index contributed by atoms with van der Waals surface area (Å²) in [6.07, 6.45) is 0. The van der Waals surface area contributed by atoms with Crippen molar-refractivity contribution >= 4 is 0 Å². The Morgan fingerprint density at radius 2 is 2.06 bits per heavy atom. The highest BCUT2D eigenvalue weighted by atomic mass is 19.2. The second kappa shape index (κ2) is 6.51. The number of ether oxygens (including phenoxy) is 1. The fourth-order valence-electron chi connectivity index (χ4n) is 1.57. The van der Waals surface area contributed by atoms with E-state index in [0.717, 1.165) is 19.2 Å². The van der Waals surface area contributed by atoms with Gasteiger partial charge in [-0.1, -0.05) is 0 Å². The predicted molar refractivity (Wildman–Crippen MR) is 63.2 cm³/mol. The van der Waals surface area contributed by atoms with Crippen molar-refractivity contribution in [1.29, 1.82) is 0 Å². The first-order chi connectivity index (χ1) is 8.10. The number of methoxy groups -OCH3 is 1. The third kappa shape index (κ3) is 3.64. The topological polar surface area (TPSA) is 24.5 Å². The van der Waals surface area contributed by atoms with Gasteiger partial charge in [0.05, 0.1) is 7.11 Å². The Kier molecular flexibility index (Phi) is 5.31. The Morgan fingerprint density at radius 1 is 1.35 bits per heavy atom. The number of hydrogen-bond acceptors (Lipinski definition) is 3. The van der Waals surface area contributed by atoms with E-state index in [1.165, 1.54) is 13.2 Å². The summed E-state index contributed by atoms with van der Waals surface area (Å²) >= 11 is 0. The van der Waals surface area contributed by atoms with Crippen LogP contribution in [0, 0.1) is 11.6 Å². The number of nitrogens with zero attached hydrogens (tertiary/aromatic N) is 1. The minimum atomic E-state index is -0.845. The Bertz CT molecular complexity index is 372. The van der Waals surface area contributed by atoms with Crippen LogP contribution in [0.2, 0.25) is 0 Å². The molecule has 0 spiro atoms. The van der Waals surface area contributed by atoms with E-state index in [1.807, 2.05) is 19.0 Å².